The molecule has 5 nitrogen and oxygen atoms in total. The highest BCUT2D eigenvalue weighted by Crippen LogP contribution is 2.22. The van der Waals surface area contributed by atoms with Crippen molar-refractivity contribution >= 4 is 11.6 Å². The van der Waals surface area contributed by atoms with E-state index in [1.54, 1.807) is 6.92 Å². The molecule has 0 saturated heterocycles. The zero-order valence-corrected chi connectivity index (χ0v) is 14.8. The average Bonchev–Trinajstić information content (AvgIpc) is 2.99. The maximum Gasteiger partial charge on any atom is 0.278 e. The number of ether oxygens (including phenoxy) is 1. The zero-order chi connectivity index (χ0) is 18.7. The molecule has 0 saturated carbocycles. The Bertz CT molecular complexity index is 933. The van der Waals surface area contributed by atoms with Crippen LogP contribution in [0, 0.1) is 26.6 Å². The fourth-order valence-electron chi connectivity index (χ4n) is 2.49. The largest absolute Gasteiger partial charge is 0.489 e. The average molecular weight is 354 g/mol. The van der Waals surface area contributed by atoms with Crippen LogP contribution in [0.1, 0.15) is 32.9 Å². The Balaban J connectivity index is 1.77. The van der Waals surface area contributed by atoms with Crippen LogP contribution in [0.3, 0.4) is 0 Å². The number of carbonyl (C=O) groups excluding carboxylic acids is 1. The number of aryl methyl sites for hydroxylation is 2. The van der Waals surface area contributed by atoms with Crippen molar-refractivity contribution in [1.82, 2.24) is 5.16 Å². The minimum Gasteiger partial charge on any atom is -0.489 e. The van der Waals surface area contributed by atoms with E-state index < -0.39 is 0 Å². The first kappa shape index (κ1) is 17.7. The summed E-state index contributed by atoms with van der Waals surface area (Å²) >= 11 is 0. The number of aromatic nitrogens is 1. The lowest BCUT2D eigenvalue weighted by molar-refractivity contribution is 0.101. The molecule has 3 rings (SSSR count). The van der Waals surface area contributed by atoms with E-state index in [4.69, 9.17) is 9.26 Å². The minimum atomic E-state index is -0.367. The Morgan fingerprint density at radius 3 is 2.62 bits per heavy atom. The predicted octanol–water partition coefficient (Wildman–Crippen LogP) is 4.57. The van der Waals surface area contributed by atoms with Crippen LogP contribution in [0.15, 0.2) is 47.0 Å². The Labute approximate surface area is 150 Å². The topological polar surface area (TPSA) is 64.4 Å². The van der Waals surface area contributed by atoms with Gasteiger partial charge in [-0.2, -0.15) is 0 Å². The number of halogens is 1. The first-order valence-corrected chi connectivity index (χ1v) is 8.17. The molecule has 0 aliphatic carbocycles. The molecule has 3 aromatic rings. The van der Waals surface area contributed by atoms with Crippen molar-refractivity contribution in [3.8, 4) is 5.75 Å². The number of anilines is 1. The molecule has 1 N–H and O–H groups in total. The van der Waals surface area contributed by atoms with E-state index in [-0.39, 0.29) is 24.0 Å². The Morgan fingerprint density at radius 1 is 1.15 bits per heavy atom. The van der Waals surface area contributed by atoms with Gasteiger partial charge in [-0.15, -0.1) is 0 Å². The zero-order valence-electron chi connectivity index (χ0n) is 14.8. The van der Waals surface area contributed by atoms with Crippen molar-refractivity contribution < 1.29 is 18.4 Å². The molecule has 1 aromatic heterocycles. The van der Waals surface area contributed by atoms with Crippen molar-refractivity contribution in [3.63, 3.8) is 0 Å². The molecular formula is C20H19FN2O3. The van der Waals surface area contributed by atoms with Gasteiger partial charge in [0.25, 0.3) is 5.91 Å². The molecule has 0 radical (unpaired) electrons. The molecule has 1 amide bonds. The third-order valence-corrected chi connectivity index (χ3v) is 4.25. The molecule has 0 spiro atoms. The van der Waals surface area contributed by atoms with E-state index in [0.717, 1.165) is 16.8 Å². The standard InChI is InChI=1S/C20H19FN2O3/c1-12-5-4-6-18(13(12)2)22-20(24)19-17(14(3)26-23-19)11-25-16-9-7-15(21)8-10-16/h4-10H,11H2,1-3H3,(H,22,24). The normalized spacial score (nSPS) is 10.6. The molecule has 0 unspecified atom stereocenters. The van der Waals surface area contributed by atoms with Crippen LogP contribution in [0.2, 0.25) is 0 Å². The van der Waals surface area contributed by atoms with E-state index in [0.29, 0.717) is 17.1 Å². The lowest BCUT2D eigenvalue weighted by Crippen LogP contribution is -2.16. The first-order chi connectivity index (χ1) is 12.5. The minimum absolute atomic E-state index is 0.0938. The van der Waals surface area contributed by atoms with Gasteiger partial charge in [-0.3, -0.25) is 4.79 Å². The quantitative estimate of drug-likeness (QED) is 0.729. The number of nitrogens with zero attached hydrogens (tertiary/aromatic N) is 1. The SMILES string of the molecule is Cc1cccc(NC(=O)c2noc(C)c2COc2ccc(F)cc2)c1C. The summed E-state index contributed by atoms with van der Waals surface area (Å²) in [5, 5.41) is 6.72. The second-order valence-electron chi connectivity index (χ2n) is 6.01. The van der Waals surface area contributed by atoms with Crippen molar-refractivity contribution in [3.05, 3.63) is 76.4 Å². The predicted molar refractivity (Wildman–Crippen MR) is 95.8 cm³/mol. The molecule has 26 heavy (non-hydrogen) atoms. The maximum atomic E-state index is 13.0. The van der Waals surface area contributed by atoms with Crippen molar-refractivity contribution in [2.45, 2.75) is 27.4 Å². The van der Waals surface area contributed by atoms with E-state index in [1.807, 2.05) is 32.0 Å². The monoisotopic (exact) mass is 354 g/mol. The molecule has 0 bridgehead atoms. The number of hydrogen-bond acceptors (Lipinski definition) is 4. The van der Waals surface area contributed by atoms with Gasteiger partial charge < -0.3 is 14.6 Å². The maximum absolute atomic E-state index is 13.0. The van der Waals surface area contributed by atoms with Crippen LogP contribution in [0.25, 0.3) is 0 Å². The van der Waals surface area contributed by atoms with Crippen molar-refractivity contribution in [2.75, 3.05) is 5.32 Å². The molecule has 134 valence electrons. The lowest BCUT2D eigenvalue weighted by atomic mass is 10.1. The van der Waals surface area contributed by atoms with Crippen molar-refractivity contribution in [1.29, 1.82) is 0 Å². The highest BCUT2D eigenvalue weighted by atomic mass is 19.1. The number of rotatable bonds is 5. The third-order valence-electron chi connectivity index (χ3n) is 4.25. The van der Waals surface area contributed by atoms with Crippen LogP contribution in [-0.2, 0) is 6.61 Å². The molecule has 0 atom stereocenters. The summed E-state index contributed by atoms with van der Waals surface area (Å²) in [4.78, 5) is 12.6. The van der Waals surface area contributed by atoms with E-state index in [2.05, 4.69) is 10.5 Å². The molecule has 0 fully saturated rings. The summed E-state index contributed by atoms with van der Waals surface area (Å²) in [7, 11) is 0. The molecule has 0 aliphatic heterocycles. The second-order valence-corrected chi connectivity index (χ2v) is 6.01. The number of carbonyl (C=O) groups is 1. The Hall–Kier alpha value is -3.15. The summed E-state index contributed by atoms with van der Waals surface area (Å²) in [5.41, 5.74) is 3.52. The van der Waals surface area contributed by atoms with Gasteiger partial charge in [-0.1, -0.05) is 17.3 Å². The van der Waals surface area contributed by atoms with Gasteiger partial charge in [-0.05, 0) is 62.2 Å². The molecule has 2 aromatic carbocycles. The molecule has 1 heterocycles. The molecule has 0 aliphatic rings. The fraction of sp³-hybridized carbons (Fsp3) is 0.200. The smallest absolute Gasteiger partial charge is 0.278 e. The summed E-state index contributed by atoms with van der Waals surface area (Å²) < 4.78 is 23.8. The van der Waals surface area contributed by atoms with E-state index >= 15 is 0 Å². The number of benzene rings is 2. The van der Waals surface area contributed by atoms with Gasteiger partial charge in [0.15, 0.2) is 5.69 Å². The molecule has 6 heteroatoms. The van der Waals surface area contributed by atoms with Crippen LogP contribution >= 0.6 is 0 Å². The second kappa shape index (κ2) is 7.39. The fourth-order valence-corrected chi connectivity index (χ4v) is 2.49. The Kier molecular flexibility index (Phi) is 5.02. The van der Waals surface area contributed by atoms with Crippen LogP contribution in [0.4, 0.5) is 10.1 Å². The lowest BCUT2D eigenvalue weighted by Gasteiger charge is -2.10. The number of hydrogen-bond donors (Lipinski definition) is 1. The first-order valence-electron chi connectivity index (χ1n) is 8.17. The third kappa shape index (κ3) is 3.74. The van der Waals surface area contributed by atoms with Gasteiger partial charge >= 0.3 is 0 Å². The van der Waals surface area contributed by atoms with E-state index in [1.165, 1.54) is 24.3 Å². The van der Waals surface area contributed by atoms with Gasteiger partial charge in [0.2, 0.25) is 0 Å². The molecular weight excluding hydrogens is 335 g/mol. The van der Waals surface area contributed by atoms with Gasteiger partial charge in [-0.25, -0.2) is 4.39 Å². The number of amides is 1. The Morgan fingerprint density at radius 2 is 1.88 bits per heavy atom. The summed E-state index contributed by atoms with van der Waals surface area (Å²) in [6.07, 6.45) is 0. The van der Waals surface area contributed by atoms with Gasteiger partial charge in [0, 0.05) is 5.69 Å². The van der Waals surface area contributed by atoms with Gasteiger partial charge in [0.05, 0.1) is 5.56 Å². The summed E-state index contributed by atoms with van der Waals surface area (Å²) in [6.45, 7) is 5.73. The van der Waals surface area contributed by atoms with Crippen LogP contribution < -0.4 is 10.1 Å². The highest BCUT2D eigenvalue weighted by Gasteiger charge is 2.21. The highest BCUT2D eigenvalue weighted by molar-refractivity contribution is 6.04. The summed E-state index contributed by atoms with van der Waals surface area (Å²) in [6, 6.07) is 11.4. The van der Waals surface area contributed by atoms with Crippen LogP contribution in [-0.4, -0.2) is 11.1 Å². The number of nitrogens with one attached hydrogen (secondary N) is 1. The summed E-state index contributed by atoms with van der Waals surface area (Å²) in [5.74, 6) is 0.284. The van der Waals surface area contributed by atoms with Crippen LogP contribution in [0.5, 0.6) is 5.75 Å². The van der Waals surface area contributed by atoms with Gasteiger partial charge in [0.1, 0.15) is 23.9 Å². The van der Waals surface area contributed by atoms with E-state index in [9.17, 15) is 9.18 Å². The van der Waals surface area contributed by atoms with Crippen molar-refractivity contribution in [2.24, 2.45) is 0 Å².